The number of benzene rings is 1. The van der Waals surface area contributed by atoms with Gasteiger partial charge >= 0.3 is 0 Å². The van der Waals surface area contributed by atoms with Crippen molar-refractivity contribution in [2.45, 2.75) is 43.9 Å². The van der Waals surface area contributed by atoms with E-state index >= 15 is 0 Å². The molecule has 3 nitrogen and oxygen atoms in total. The Morgan fingerprint density at radius 1 is 1.32 bits per heavy atom. The third kappa shape index (κ3) is 4.32. The lowest BCUT2D eigenvalue weighted by molar-refractivity contribution is 0.499. The molecule has 1 aliphatic rings. The number of hydrogen-bond donors (Lipinski definition) is 1. The van der Waals surface area contributed by atoms with Crippen molar-refractivity contribution < 1.29 is 8.42 Å². The first kappa shape index (κ1) is 14.5. The Bertz CT molecular complexity index is 484. The molecule has 1 aliphatic heterocycles. The summed E-state index contributed by atoms with van der Waals surface area (Å²) in [6, 6.07) is 10.8. The molecule has 2 rings (SSSR count). The number of nitrogens with one attached hydrogen (secondary N) is 1. The zero-order chi connectivity index (χ0) is 13.7. The molecular formula is C15H23NO2S. The molecule has 106 valence electrons. The molecule has 1 fully saturated rings. The first-order valence-corrected chi connectivity index (χ1v) is 8.78. The first-order chi connectivity index (χ1) is 9.08. The van der Waals surface area contributed by atoms with Crippen molar-refractivity contribution in [3.05, 3.63) is 35.9 Å². The van der Waals surface area contributed by atoms with Crippen molar-refractivity contribution in [3.63, 3.8) is 0 Å². The minimum Gasteiger partial charge on any atom is -0.313 e. The molecule has 1 saturated heterocycles. The van der Waals surface area contributed by atoms with Crippen LogP contribution in [0.2, 0.25) is 0 Å². The molecule has 0 amide bonds. The molecule has 19 heavy (non-hydrogen) atoms. The van der Waals surface area contributed by atoms with E-state index in [0.717, 1.165) is 25.7 Å². The maximum Gasteiger partial charge on any atom is 0.154 e. The van der Waals surface area contributed by atoms with E-state index < -0.39 is 9.84 Å². The maximum absolute atomic E-state index is 11.7. The summed E-state index contributed by atoms with van der Waals surface area (Å²) < 4.78 is 23.4. The Morgan fingerprint density at radius 2 is 2.05 bits per heavy atom. The van der Waals surface area contributed by atoms with E-state index in [-0.39, 0.29) is 5.25 Å². The highest BCUT2D eigenvalue weighted by atomic mass is 32.2. The van der Waals surface area contributed by atoms with E-state index in [1.807, 2.05) is 6.07 Å². The van der Waals surface area contributed by atoms with E-state index in [2.05, 4.69) is 36.5 Å². The summed E-state index contributed by atoms with van der Waals surface area (Å²) in [7, 11) is -2.81. The number of sulfone groups is 1. The van der Waals surface area contributed by atoms with Crippen LogP contribution >= 0.6 is 0 Å². The zero-order valence-electron chi connectivity index (χ0n) is 11.5. The van der Waals surface area contributed by atoms with Gasteiger partial charge < -0.3 is 5.32 Å². The fourth-order valence-corrected chi connectivity index (χ4v) is 4.33. The highest BCUT2D eigenvalue weighted by Gasteiger charge is 2.30. The molecule has 2 unspecified atom stereocenters. The minimum absolute atomic E-state index is 0.160. The zero-order valence-corrected chi connectivity index (χ0v) is 12.3. The van der Waals surface area contributed by atoms with E-state index in [9.17, 15) is 8.42 Å². The third-order valence-corrected chi connectivity index (χ3v) is 6.14. The average Bonchev–Trinajstić information content (AvgIpc) is 2.74. The molecular weight excluding hydrogens is 258 g/mol. The van der Waals surface area contributed by atoms with Crippen LogP contribution in [0.1, 0.15) is 31.7 Å². The molecule has 0 aromatic heterocycles. The number of aryl methyl sites for hydroxylation is 1. The van der Waals surface area contributed by atoms with E-state index in [4.69, 9.17) is 0 Å². The molecule has 4 heteroatoms. The maximum atomic E-state index is 11.7. The second kappa shape index (κ2) is 6.53. The Morgan fingerprint density at radius 3 is 2.68 bits per heavy atom. The van der Waals surface area contributed by atoms with E-state index in [1.54, 1.807) is 0 Å². The molecule has 0 bridgehead atoms. The van der Waals surface area contributed by atoms with Crippen LogP contribution in [0, 0.1) is 0 Å². The van der Waals surface area contributed by atoms with Gasteiger partial charge in [-0.3, -0.25) is 0 Å². The summed E-state index contributed by atoms with van der Waals surface area (Å²) in [5, 5.41) is 3.21. The van der Waals surface area contributed by atoms with E-state index in [0.29, 0.717) is 18.3 Å². The standard InChI is InChI=1S/C15H23NO2S/c1-13(9-10-14-6-3-2-4-7-14)16-12-15-8-5-11-19(15,17)18/h2-4,6-7,13,15-16H,5,8-12H2,1H3. The van der Waals surface area contributed by atoms with Crippen molar-refractivity contribution >= 4 is 9.84 Å². The van der Waals surface area contributed by atoms with Gasteiger partial charge in [-0.15, -0.1) is 0 Å². The Labute approximate surface area is 116 Å². The smallest absolute Gasteiger partial charge is 0.154 e. The van der Waals surface area contributed by atoms with E-state index in [1.165, 1.54) is 5.56 Å². The summed E-state index contributed by atoms with van der Waals surface area (Å²) in [4.78, 5) is 0. The average molecular weight is 281 g/mol. The third-order valence-electron chi connectivity index (χ3n) is 3.87. The van der Waals surface area contributed by atoms with Crippen LogP contribution in [0.5, 0.6) is 0 Å². The summed E-state index contributed by atoms with van der Waals surface area (Å²) in [5.41, 5.74) is 1.34. The summed E-state index contributed by atoms with van der Waals surface area (Å²) in [5.74, 6) is 0.373. The van der Waals surface area contributed by atoms with Crippen LogP contribution in [0.4, 0.5) is 0 Å². The second-order valence-corrected chi connectivity index (χ2v) is 7.87. The Balaban J connectivity index is 1.72. The molecule has 0 radical (unpaired) electrons. The molecule has 1 heterocycles. The summed E-state index contributed by atoms with van der Waals surface area (Å²) >= 11 is 0. The van der Waals surface area contributed by atoms with Gasteiger partial charge in [-0.25, -0.2) is 8.42 Å². The van der Waals surface area contributed by atoms with Gasteiger partial charge in [0.1, 0.15) is 0 Å². The molecule has 1 N–H and O–H groups in total. The van der Waals surface area contributed by atoms with Crippen LogP contribution in [0.25, 0.3) is 0 Å². The highest BCUT2D eigenvalue weighted by molar-refractivity contribution is 7.92. The number of hydrogen-bond acceptors (Lipinski definition) is 3. The monoisotopic (exact) mass is 281 g/mol. The Kier molecular flexibility index (Phi) is 4.99. The lowest BCUT2D eigenvalue weighted by Gasteiger charge is -2.16. The lowest BCUT2D eigenvalue weighted by atomic mass is 10.1. The SMILES string of the molecule is CC(CCc1ccccc1)NCC1CCCS1(=O)=O. The molecule has 0 saturated carbocycles. The van der Waals surface area contributed by atoms with Crippen molar-refractivity contribution in [1.29, 1.82) is 0 Å². The first-order valence-electron chi connectivity index (χ1n) is 7.07. The predicted molar refractivity (Wildman–Crippen MR) is 79.0 cm³/mol. The quantitative estimate of drug-likeness (QED) is 0.869. The predicted octanol–water partition coefficient (Wildman–Crippen LogP) is 2.17. The van der Waals surface area contributed by atoms with Crippen molar-refractivity contribution in [2.24, 2.45) is 0 Å². The van der Waals surface area contributed by atoms with Gasteiger partial charge in [-0.05, 0) is 38.2 Å². The van der Waals surface area contributed by atoms with Gasteiger partial charge in [-0.1, -0.05) is 30.3 Å². The Hall–Kier alpha value is -0.870. The highest BCUT2D eigenvalue weighted by Crippen LogP contribution is 2.19. The topological polar surface area (TPSA) is 46.2 Å². The fraction of sp³-hybridized carbons (Fsp3) is 0.600. The molecule has 1 aromatic carbocycles. The fourth-order valence-electron chi connectivity index (χ4n) is 2.55. The van der Waals surface area contributed by atoms with Crippen molar-refractivity contribution in [3.8, 4) is 0 Å². The van der Waals surface area contributed by atoms with Gasteiger partial charge in [0.05, 0.1) is 11.0 Å². The summed E-state index contributed by atoms with van der Waals surface area (Å²) in [6.45, 7) is 2.74. The molecule has 2 atom stereocenters. The van der Waals surface area contributed by atoms with Gasteiger partial charge in [0.15, 0.2) is 9.84 Å². The van der Waals surface area contributed by atoms with Gasteiger partial charge in [-0.2, -0.15) is 0 Å². The van der Waals surface area contributed by atoms with Crippen LogP contribution in [-0.2, 0) is 16.3 Å². The molecule has 0 aliphatic carbocycles. The lowest BCUT2D eigenvalue weighted by Crippen LogP contribution is -2.36. The van der Waals surface area contributed by atoms with Crippen molar-refractivity contribution in [1.82, 2.24) is 5.32 Å². The van der Waals surface area contributed by atoms with Gasteiger partial charge in [0.25, 0.3) is 0 Å². The van der Waals surface area contributed by atoms with Gasteiger partial charge in [0, 0.05) is 12.6 Å². The molecule has 1 aromatic rings. The number of rotatable bonds is 6. The van der Waals surface area contributed by atoms with Gasteiger partial charge in [0.2, 0.25) is 0 Å². The minimum atomic E-state index is -2.81. The van der Waals surface area contributed by atoms with Crippen molar-refractivity contribution in [2.75, 3.05) is 12.3 Å². The molecule has 0 spiro atoms. The summed E-state index contributed by atoms with van der Waals surface area (Å²) in [6.07, 6.45) is 3.72. The second-order valence-electron chi connectivity index (χ2n) is 5.46. The van der Waals surface area contributed by atoms with Crippen LogP contribution in [0.15, 0.2) is 30.3 Å². The van der Waals surface area contributed by atoms with Crippen LogP contribution < -0.4 is 5.32 Å². The van der Waals surface area contributed by atoms with Crippen LogP contribution in [0.3, 0.4) is 0 Å². The van der Waals surface area contributed by atoms with Crippen LogP contribution in [-0.4, -0.2) is 32.0 Å². The normalized spacial score (nSPS) is 23.3. The largest absolute Gasteiger partial charge is 0.313 e.